The van der Waals surface area contributed by atoms with E-state index in [-0.39, 0.29) is 23.6 Å². The van der Waals surface area contributed by atoms with Gasteiger partial charge < -0.3 is 20.5 Å². The zero-order chi connectivity index (χ0) is 18.8. The molecule has 2 aromatic rings. The number of ether oxygens (including phenoxy) is 1. The lowest BCUT2D eigenvalue weighted by Crippen LogP contribution is -2.41. The summed E-state index contributed by atoms with van der Waals surface area (Å²) in [6.07, 6.45) is 1.95. The fourth-order valence-electron chi connectivity index (χ4n) is 3.65. The van der Waals surface area contributed by atoms with E-state index in [1.807, 2.05) is 11.8 Å². The van der Waals surface area contributed by atoms with E-state index in [1.54, 1.807) is 12.1 Å². The van der Waals surface area contributed by atoms with E-state index in [4.69, 9.17) is 10.5 Å². The van der Waals surface area contributed by atoms with E-state index in [1.165, 1.54) is 10.9 Å². The second-order valence-electron chi connectivity index (χ2n) is 7.21. The summed E-state index contributed by atoms with van der Waals surface area (Å²) in [5.74, 6) is -1.74. The summed E-state index contributed by atoms with van der Waals surface area (Å²) in [6, 6.07) is 1.09. The number of halogens is 1. The first-order valence-corrected chi connectivity index (χ1v) is 8.23. The fourth-order valence-corrected chi connectivity index (χ4v) is 3.65. The van der Waals surface area contributed by atoms with Gasteiger partial charge in [-0.15, -0.1) is 0 Å². The van der Waals surface area contributed by atoms with Gasteiger partial charge in [-0.1, -0.05) is 0 Å². The van der Waals surface area contributed by atoms with Gasteiger partial charge in [0.1, 0.15) is 16.8 Å². The number of nitrogens with two attached hydrogens (primary N) is 1. The molecule has 1 atom stereocenters. The highest BCUT2D eigenvalue weighted by Crippen LogP contribution is 2.41. The molecule has 2 aliphatic rings. The van der Waals surface area contributed by atoms with Gasteiger partial charge in [0.2, 0.25) is 5.43 Å². The standard InChI is InChI=1S/C17H19FN4O4/c1-17(19)3-4-21(7-17)13-11(18)5-9-12-15(13)26-8-20(2)22(12)6-10(14(9)23)16(24)25/h5-6H,3-4,7-8,19H2,1-2H3,(H,24,25). The largest absolute Gasteiger partial charge is 0.477 e. The molecule has 0 bridgehead atoms. The predicted octanol–water partition coefficient (Wildman–Crippen LogP) is 0.684. The maximum atomic E-state index is 15.0. The topological polar surface area (TPSA) is 101 Å². The van der Waals surface area contributed by atoms with Crippen LogP contribution in [0, 0.1) is 5.82 Å². The maximum Gasteiger partial charge on any atom is 0.341 e. The molecule has 3 N–H and O–H groups in total. The highest BCUT2D eigenvalue weighted by molar-refractivity contribution is 5.97. The van der Waals surface area contributed by atoms with Crippen LogP contribution in [0.1, 0.15) is 23.7 Å². The molecule has 0 aliphatic carbocycles. The first-order chi connectivity index (χ1) is 12.2. The fraction of sp³-hybridized carbons (Fsp3) is 0.412. The molecule has 1 fully saturated rings. The number of carbonyl (C=O) groups is 1. The van der Waals surface area contributed by atoms with Crippen molar-refractivity contribution in [2.75, 3.05) is 36.8 Å². The van der Waals surface area contributed by atoms with Crippen LogP contribution < -0.4 is 25.8 Å². The molecule has 0 saturated carbocycles. The van der Waals surface area contributed by atoms with Crippen LogP contribution in [0.3, 0.4) is 0 Å². The minimum Gasteiger partial charge on any atom is -0.477 e. The molecule has 26 heavy (non-hydrogen) atoms. The van der Waals surface area contributed by atoms with Crippen LogP contribution in [0.25, 0.3) is 10.9 Å². The summed E-state index contributed by atoms with van der Waals surface area (Å²) in [5.41, 5.74) is 5.20. The smallest absolute Gasteiger partial charge is 0.341 e. The lowest BCUT2D eigenvalue weighted by atomic mass is 10.0. The van der Waals surface area contributed by atoms with Gasteiger partial charge in [-0.3, -0.25) is 14.5 Å². The number of carboxylic acid groups (broad SMARTS) is 1. The Morgan fingerprint density at radius 2 is 2.19 bits per heavy atom. The molecule has 4 rings (SSSR count). The third kappa shape index (κ3) is 2.31. The summed E-state index contributed by atoms with van der Waals surface area (Å²) in [6.45, 7) is 3.02. The van der Waals surface area contributed by atoms with Crippen LogP contribution in [0.15, 0.2) is 17.1 Å². The third-order valence-electron chi connectivity index (χ3n) is 4.97. The summed E-state index contributed by atoms with van der Waals surface area (Å²) >= 11 is 0. The van der Waals surface area contributed by atoms with Crippen molar-refractivity contribution < 1.29 is 19.0 Å². The highest BCUT2D eigenvalue weighted by Gasteiger charge is 2.35. The number of rotatable bonds is 2. The van der Waals surface area contributed by atoms with Gasteiger partial charge in [-0.05, 0) is 19.4 Å². The zero-order valence-corrected chi connectivity index (χ0v) is 14.5. The molecule has 1 saturated heterocycles. The number of pyridine rings is 1. The van der Waals surface area contributed by atoms with Crippen molar-refractivity contribution in [2.24, 2.45) is 5.73 Å². The van der Waals surface area contributed by atoms with Crippen LogP contribution in [0.4, 0.5) is 10.1 Å². The molecule has 0 radical (unpaired) electrons. The number of hydrogen-bond acceptors (Lipinski definition) is 6. The third-order valence-corrected chi connectivity index (χ3v) is 4.97. The molecule has 9 heteroatoms. The Hall–Kier alpha value is -2.81. The Bertz CT molecular complexity index is 1000. The summed E-state index contributed by atoms with van der Waals surface area (Å²) in [5, 5.41) is 10.9. The first-order valence-electron chi connectivity index (χ1n) is 8.23. The SMILES string of the molecule is CN1COc2c(N3CCC(C)(N)C3)c(F)cc3c(=O)c(C(=O)O)cn1c23. The van der Waals surface area contributed by atoms with Gasteiger partial charge in [0, 0.05) is 31.9 Å². The molecule has 8 nitrogen and oxygen atoms in total. The van der Waals surface area contributed by atoms with Crippen LogP contribution >= 0.6 is 0 Å². The van der Waals surface area contributed by atoms with Crippen molar-refractivity contribution in [3.05, 3.63) is 33.9 Å². The Balaban J connectivity index is 2.04. The Kier molecular flexibility index (Phi) is 3.42. The lowest BCUT2D eigenvalue weighted by Gasteiger charge is -2.33. The van der Waals surface area contributed by atoms with Gasteiger partial charge in [0.05, 0.1) is 5.39 Å². The quantitative estimate of drug-likeness (QED) is 0.810. The number of benzene rings is 1. The van der Waals surface area contributed by atoms with Gasteiger partial charge in [-0.25, -0.2) is 9.18 Å². The molecule has 2 aliphatic heterocycles. The van der Waals surface area contributed by atoms with Gasteiger partial charge >= 0.3 is 5.97 Å². The average Bonchev–Trinajstić information content (AvgIpc) is 2.91. The molecule has 1 aromatic carbocycles. The van der Waals surface area contributed by atoms with E-state index in [0.717, 1.165) is 6.07 Å². The van der Waals surface area contributed by atoms with Crippen molar-refractivity contribution in [3.8, 4) is 5.75 Å². The van der Waals surface area contributed by atoms with Crippen LogP contribution in [0.2, 0.25) is 0 Å². The number of anilines is 1. The zero-order valence-electron chi connectivity index (χ0n) is 14.5. The summed E-state index contributed by atoms with van der Waals surface area (Å²) in [7, 11) is 1.69. The second kappa shape index (κ2) is 5.34. The molecule has 1 aromatic heterocycles. The first kappa shape index (κ1) is 16.6. The summed E-state index contributed by atoms with van der Waals surface area (Å²) in [4.78, 5) is 25.8. The molecule has 0 amide bonds. The molecule has 0 spiro atoms. The minimum absolute atomic E-state index is 0.0255. The molecular weight excluding hydrogens is 343 g/mol. The predicted molar refractivity (Wildman–Crippen MR) is 94.2 cm³/mol. The van der Waals surface area contributed by atoms with E-state index < -0.39 is 28.3 Å². The van der Waals surface area contributed by atoms with Crippen molar-refractivity contribution in [2.45, 2.75) is 18.9 Å². The Morgan fingerprint density at radius 3 is 2.81 bits per heavy atom. The number of carboxylic acids is 1. The van der Waals surface area contributed by atoms with Crippen LogP contribution in [-0.2, 0) is 0 Å². The minimum atomic E-state index is -1.36. The van der Waals surface area contributed by atoms with E-state index in [0.29, 0.717) is 25.0 Å². The second-order valence-corrected chi connectivity index (χ2v) is 7.21. The molecule has 3 heterocycles. The number of aromatic nitrogens is 1. The van der Waals surface area contributed by atoms with Crippen molar-refractivity contribution in [1.82, 2.24) is 4.68 Å². The van der Waals surface area contributed by atoms with Gasteiger partial charge in [0.15, 0.2) is 18.3 Å². The number of hydrogen-bond donors (Lipinski definition) is 2. The van der Waals surface area contributed by atoms with E-state index in [2.05, 4.69) is 0 Å². The van der Waals surface area contributed by atoms with Gasteiger partial charge in [0.25, 0.3) is 0 Å². The van der Waals surface area contributed by atoms with Crippen molar-refractivity contribution >= 4 is 22.6 Å². The van der Waals surface area contributed by atoms with E-state index in [9.17, 15) is 19.1 Å². The summed E-state index contributed by atoms with van der Waals surface area (Å²) < 4.78 is 22.2. The Morgan fingerprint density at radius 1 is 1.46 bits per heavy atom. The maximum absolute atomic E-state index is 15.0. The lowest BCUT2D eigenvalue weighted by molar-refractivity contribution is 0.0694. The Labute approximate surface area is 148 Å². The molecule has 1 unspecified atom stereocenters. The number of aromatic carboxylic acids is 1. The van der Waals surface area contributed by atoms with Crippen LogP contribution in [-0.4, -0.2) is 48.2 Å². The average molecular weight is 362 g/mol. The monoisotopic (exact) mass is 362 g/mol. The van der Waals surface area contributed by atoms with Crippen LogP contribution in [0.5, 0.6) is 5.75 Å². The molecule has 138 valence electrons. The highest BCUT2D eigenvalue weighted by atomic mass is 19.1. The molecular formula is C17H19FN4O4. The van der Waals surface area contributed by atoms with Crippen molar-refractivity contribution in [3.63, 3.8) is 0 Å². The normalized spacial score (nSPS) is 22.0. The van der Waals surface area contributed by atoms with Crippen molar-refractivity contribution in [1.29, 1.82) is 0 Å². The van der Waals surface area contributed by atoms with E-state index >= 15 is 0 Å². The number of nitrogens with zero attached hydrogens (tertiary/aromatic N) is 3. The van der Waals surface area contributed by atoms with Gasteiger partial charge in [-0.2, -0.15) is 0 Å².